The van der Waals surface area contributed by atoms with Crippen molar-refractivity contribution in [3.8, 4) is 11.4 Å². The van der Waals surface area contributed by atoms with Crippen LogP contribution >= 0.6 is 0 Å². The van der Waals surface area contributed by atoms with Gasteiger partial charge in [0, 0.05) is 50.5 Å². The van der Waals surface area contributed by atoms with Gasteiger partial charge in [-0.25, -0.2) is 8.42 Å². The summed E-state index contributed by atoms with van der Waals surface area (Å²) in [6.07, 6.45) is 6.50. The zero-order chi connectivity index (χ0) is 24.0. The highest BCUT2D eigenvalue weighted by Crippen LogP contribution is 2.28. The van der Waals surface area contributed by atoms with Crippen molar-refractivity contribution in [1.29, 1.82) is 0 Å². The van der Waals surface area contributed by atoms with Crippen LogP contribution < -0.4 is 4.72 Å². The molecule has 0 saturated carbocycles. The molecule has 12 heteroatoms. The monoisotopic (exact) mass is 475 g/mol. The first-order valence-corrected chi connectivity index (χ1v) is 12.0. The van der Waals surface area contributed by atoms with Gasteiger partial charge in [0.05, 0.1) is 35.9 Å². The van der Waals surface area contributed by atoms with Crippen LogP contribution in [0.5, 0.6) is 0 Å². The standard InChI is InChI=1S/C21H29N7O4S/c1-14-9-24-19(11-23-14)15(2)16(3)33(29,30)27-21-26-25-20(17-7-6-8-22-10-17)28(21)18(12-31-4)13-32-5/h6-11,15-16,18H,12-13H2,1-5H3,(H,26,27)/t15-,16-/m0/s1. The van der Waals surface area contributed by atoms with E-state index in [-0.39, 0.29) is 25.2 Å². The summed E-state index contributed by atoms with van der Waals surface area (Å²) in [4.78, 5) is 12.7. The quantitative estimate of drug-likeness (QED) is 0.443. The topological polar surface area (TPSA) is 134 Å². The molecule has 0 radical (unpaired) electrons. The Morgan fingerprint density at radius 1 is 1.06 bits per heavy atom. The number of ether oxygens (including phenoxy) is 2. The number of anilines is 1. The van der Waals surface area contributed by atoms with E-state index < -0.39 is 21.2 Å². The second kappa shape index (κ2) is 10.8. The highest BCUT2D eigenvalue weighted by Gasteiger charge is 2.32. The highest BCUT2D eigenvalue weighted by atomic mass is 32.2. The SMILES string of the molecule is COCC(COC)n1c(NS(=O)(=O)[C@@H](C)[C@H](C)c2cnc(C)cn2)nnc1-c1cccnc1. The molecule has 0 fully saturated rings. The third-order valence-electron chi connectivity index (χ3n) is 5.39. The Morgan fingerprint density at radius 2 is 1.79 bits per heavy atom. The van der Waals surface area contributed by atoms with Crippen molar-refractivity contribution in [3.63, 3.8) is 0 Å². The predicted molar refractivity (Wildman–Crippen MR) is 123 cm³/mol. The maximum atomic E-state index is 13.3. The third-order valence-corrected chi connectivity index (χ3v) is 7.25. The van der Waals surface area contributed by atoms with Gasteiger partial charge < -0.3 is 9.47 Å². The molecule has 0 amide bonds. The summed E-state index contributed by atoms with van der Waals surface area (Å²) < 4.78 is 41.6. The maximum absolute atomic E-state index is 13.3. The Morgan fingerprint density at radius 3 is 2.36 bits per heavy atom. The molecule has 1 N–H and O–H groups in total. The zero-order valence-electron chi connectivity index (χ0n) is 19.3. The fourth-order valence-corrected chi connectivity index (χ4v) is 4.60. The third kappa shape index (κ3) is 5.70. The van der Waals surface area contributed by atoms with E-state index in [1.807, 2.05) is 13.0 Å². The van der Waals surface area contributed by atoms with E-state index >= 15 is 0 Å². The van der Waals surface area contributed by atoms with Crippen LogP contribution in [0.25, 0.3) is 11.4 Å². The van der Waals surface area contributed by atoms with E-state index in [0.29, 0.717) is 17.1 Å². The minimum atomic E-state index is -3.86. The number of sulfonamides is 1. The summed E-state index contributed by atoms with van der Waals surface area (Å²) in [5.41, 5.74) is 2.04. The number of rotatable bonds is 11. The molecule has 0 spiro atoms. The van der Waals surface area contributed by atoms with Gasteiger partial charge in [-0.1, -0.05) is 6.92 Å². The second-order valence-corrected chi connectivity index (χ2v) is 9.78. The fraction of sp³-hybridized carbons (Fsp3) is 0.476. The van der Waals surface area contributed by atoms with Crippen molar-refractivity contribution in [2.75, 3.05) is 32.2 Å². The van der Waals surface area contributed by atoms with Crippen LogP contribution in [-0.4, -0.2) is 70.8 Å². The van der Waals surface area contributed by atoms with Gasteiger partial charge in [0.1, 0.15) is 0 Å². The molecule has 0 aromatic carbocycles. The normalized spacial score (nSPS) is 13.8. The van der Waals surface area contributed by atoms with Crippen molar-refractivity contribution in [2.45, 2.75) is 38.0 Å². The number of hydrogen-bond acceptors (Lipinski definition) is 9. The molecule has 0 unspecified atom stereocenters. The van der Waals surface area contributed by atoms with E-state index in [1.165, 1.54) is 0 Å². The van der Waals surface area contributed by atoms with Crippen LogP contribution in [-0.2, 0) is 19.5 Å². The molecule has 0 aliphatic heterocycles. The van der Waals surface area contributed by atoms with Crippen LogP contribution in [0.3, 0.4) is 0 Å². The zero-order valence-corrected chi connectivity index (χ0v) is 20.2. The highest BCUT2D eigenvalue weighted by molar-refractivity contribution is 7.93. The van der Waals surface area contributed by atoms with Crippen LogP contribution in [0.4, 0.5) is 5.95 Å². The lowest BCUT2D eigenvalue weighted by Crippen LogP contribution is -2.32. The largest absolute Gasteiger partial charge is 0.382 e. The first-order chi connectivity index (χ1) is 15.8. The Hall–Kier alpha value is -2.96. The summed E-state index contributed by atoms with van der Waals surface area (Å²) in [5.74, 6) is 0.116. The van der Waals surface area contributed by atoms with Crippen molar-refractivity contribution < 1.29 is 17.9 Å². The number of methoxy groups -OCH3 is 2. The van der Waals surface area contributed by atoms with Crippen molar-refractivity contribution in [3.05, 3.63) is 48.3 Å². The number of hydrogen-bond donors (Lipinski definition) is 1. The van der Waals surface area contributed by atoms with E-state index in [0.717, 1.165) is 5.69 Å². The smallest absolute Gasteiger partial charge is 0.238 e. The Bertz CT molecular complexity index is 1130. The molecule has 3 rings (SSSR count). The van der Waals surface area contributed by atoms with Gasteiger partial charge in [-0.15, -0.1) is 10.2 Å². The number of nitrogens with zero attached hydrogens (tertiary/aromatic N) is 6. The molecule has 3 aromatic rings. The molecule has 33 heavy (non-hydrogen) atoms. The minimum absolute atomic E-state index is 0.0713. The van der Waals surface area contributed by atoms with Gasteiger partial charge in [0.15, 0.2) is 5.82 Å². The van der Waals surface area contributed by atoms with Gasteiger partial charge in [0.25, 0.3) is 0 Å². The predicted octanol–water partition coefficient (Wildman–Crippen LogP) is 2.21. The van der Waals surface area contributed by atoms with Gasteiger partial charge in [-0.3, -0.25) is 24.2 Å². The number of aryl methyl sites for hydroxylation is 1. The van der Waals surface area contributed by atoms with E-state index in [4.69, 9.17) is 9.47 Å². The maximum Gasteiger partial charge on any atom is 0.238 e. The molecule has 0 bridgehead atoms. The molecular weight excluding hydrogens is 446 g/mol. The lowest BCUT2D eigenvalue weighted by molar-refractivity contribution is 0.0909. The van der Waals surface area contributed by atoms with Crippen molar-refractivity contribution >= 4 is 16.0 Å². The fourth-order valence-electron chi connectivity index (χ4n) is 3.35. The summed E-state index contributed by atoms with van der Waals surface area (Å²) in [5, 5.41) is 7.57. The molecular formula is C21H29N7O4S. The molecule has 2 atom stereocenters. The minimum Gasteiger partial charge on any atom is -0.382 e. The van der Waals surface area contributed by atoms with Gasteiger partial charge >= 0.3 is 0 Å². The lowest BCUT2D eigenvalue weighted by Gasteiger charge is -2.23. The van der Waals surface area contributed by atoms with E-state index in [9.17, 15) is 8.42 Å². The van der Waals surface area contributed by atoms with Crippen LogP contribution in [0.15, 0.2) is 36.9 Å². The summed E-state index contributed by atoms with van der Waals surface area (Å²) in [7, 11) is -0.739. The molecule has 178 valence electrons. The van der Waals surface area contributed by atoms with Crippen molar-refractivity contribution in [1.82, 2.24) is 29.7 Å². The van der Waals surface area contributed by atoms with Crippen LogP contribution in [0, 0.1) is 6.92 Å². The first-order valence-electron chi connectivity index (χ1n) is 10.4. The van der Waals surface area contributed by atoms with Crippen LogP contribution in [0.1, 0.15) is 37.2 Å². The lowest BCUT2D eigenvalue weighted by atomic mass is 10.1. The van der Waals surface area contributed by atoms with Gasteiger partial charge in [-0.05, 0) is 26.0 Å². The van der Waals surface area contributed by atoms with Crippen LogP contribution in [0.2, 0.25) is 0 Å². The number of nitrogens with one attached hydrogen (secondary N) is 1. The Labute approximate surface area is 193 Å². The Kier molecular flexibility index (Phi) is 8.06. The average molecular weight is 476 g/mol. The first kappa shape index (κ1) is 24.7. The molecule has 11 nitrogen and oxygen atoms in total. The van der Waals surface area contributed by atoms with E-state index in [1.54, 1.807) is 63.5 Å². The number of pyridine rings is 1. The van der Waals surface area contributed by atoms with Gasteiger partial charge in [0.2, 0.25) is 16.0 Å². The number of aromatic nitrogens is 6. The molecule has 0 aliphatic rings. The molecule has 3 aromatic heterocycles. The van der Waals surface area contributed by atoms with E-state index in [2.05, 4.69) is 29.9 Å². The van der Waals surface area contributed by atoms with Crippen molar-refractivity contribution in [2.24, 2.45) is 0 Å². The Balaban J connectivity index is 1.97. The summed E-state index contributed by atoms with van der Waals surface area (Å²) in [6, 6.07) is 3.22. The summed E-state index contributed by atoms with van der Waals surface area (Å²) >= 11 is 0. The second-order valence-electron chi connectivity index (χ2n) is 7.75. The average Bonchev–Trinajstić information content (AvgIpc) is 3.21. The molecule has 3 heterocycles. The molecule has 0 saturated heterocycles. The van der Waals surface area contributed by atoms with Gasteiger partial charge in [-0.2, -0.15) is 0 Å². The summed E-state index contributed by atoms with van der Waals surface area (Å²) in [6.45, 7) is 5.77. The molecule has 0 aliphatic carbocycles.